The van der Waals surface area contributed by atoms with Gasteiger partial charge in [-0.15, -0.1) is 13.2 Å². The van der Waals surface area contributed by atoms with Gasteiger partial charge in [0, 0.05) is 18.3 Å². The summed E-state index contributed by atoms with van der Waals surface area (Å²) in [6.45, 7) is 0.417. The molecule has 0 fully saturated rings. The molecule has 3 N–H and O–H groups in total. The molecule has 37 heavy (non-hydrogen) atoms. The maximum atomic E-state index is 12.6. The van der Waals surface area contributed by atoms with Gasteiger partial charge in [-0.25, -0.2) is 5.43 Å². The van der Waals surface area contributed by atoms with Crippen molar-refractivity contribution >= 4 is 17.6 Å². The van der Waals surface area contributed by atoms with Crippen LogP contribution in [0, 0.1) is 0 Å². The highest BCUT2D eigenvalue weighted by Gasteiger charge is 2.31. The molecule has 0 radical (unpaired) electrons. The van der Waals surface area contributed by atoms with Crippen LogP contribution in [0.15, 0.2) is 79.0 Å². The molecule has 0 bridgehead atoms. The maximum absolute atomic E-state index is 12.6. The minimum atomic E-state index is -4.77. The Morgan fingerprint density at radius 3 is 2.41 bits per heavy atom. The second-order valence-electron chi connectivity index (χ2n) is 8.17. The van der Waals surface area contributed by atoms with Crippen molar-refractivity contribution in [2.45, 2.75) is 25.4 Å². The smallest absolute Gasteiger partial charge is 0.481 e. The molecule has 1 atom stereocenters. The van der Waals surface area contributed by atoms with Crippen molar-refractivity contribution < 1.29 is 32.6 Å². The second-order valence-corrected chi connectivity index (χ2v) is 8.17. The van der Waals surface area contributed by atoms with Crippen molar-refractivity contribution in [3.8, 4) is 5.75 Å². The summed E-state index contributed by atoms with van der Waals surface area (Å²) in [4.78, 5) is 27.2. The largest absolute Gasteiger partial charge is 0.573 e. The number of hydrogen-bond acceptors (Lipinski definition) is 6. The molecule has 8 nitrogen and oxygen atoms in total. The summed E-state index contributed by atoms with van der Waals surface area (Å²) in [5.74, 6) is -1.68. The zero-order valence-electron chi connectivity index (χ0n) is 19.4. The molecule has 11 heteroatoms. The quantitative estimate of drug-likeness (QED) is 0.393. The number of benzene rings is 2. The van der Waals surface area contributed by atoms with Gasteiger partial charge in [-0.2, -0.15) is 0 Å². The third-order valence-corrected chi connectivity index (χ3v) is 5.48. The molecule has 1 aliphatic rings. The van der Waals surface area contributed by atoms with Crippen LogP contribution < -0.4 is 15.5 Å². The zero-order valence-corrected chi connectivity index (χ0v) is 19.4. The number of nitrogens with one attached hydrogen (secondary N) is 2. The van der Waals surface area contributed by atoms with Crippen LogP contribution in [0.3, 0.4) is 0 Å². The lowest BCUT2D eigenvalue weighted by Gasteiger charge is -2.24. The summed E-state index contributed by atoms with van der Waals surface area (Å²) in [6.07, 6.45) is -1.33. The van der Waals surface area contributed by atoms with E-state index < -0.39 is 12.3 Å². The van der Waals surface area contributed by atoms with Crippen LogP contribution in [-0.2, 0) is 11.3 Å². The van der Waals surface area contributed by atoms with E-state index in [0.29, 0.717) is 17.7 Å². The predicted octanol–water partition coefficient (Wildman–Crippen LogP) is 4.29. The van der Waals surface area contributed by atoms with Crippen LogP contribution in [0.2, 0.25) is 0 Å². The van der Waals surface area contributed by atoms with Crippen molar-refractivity contribution in [1.29, 1.82) is 0 Å². The van der Waals surface area contributed by atoms with Crippen molar-refractivity contribution in [1.82, 2.24) is 20.7 Å². The Morgan fingerprint density at radius 1 is 1.05 bits per heavy atom. The number of nitrogens with zero attached hydrogens (tertiary/aromatic N) is 2. The van der Waals surface area contributed by atoms with Crippen molar-refractivity contribution in [2.75, 3.05) is 6.54 Å². The minimum absolute atomic E-state index is 0.0312. The van der Waals surface area contributed by atoms with Crippen LogP contribution in [-0.4, -0.2) is 39.9 Å². The first-order valence-corrected chi connectivity index (χ1v) is 11.3. The number of hydrogen-bond donors (Lipinski definition) is 3. The van der Waals surface area contributed by atoms with Crippen molar-refractivity contribution in [2.24, 2.45) is 0 Å². The summed E-state index contributed by atoms with van der Waals surface area (Å²) >= 11 is 0. The molecule has 192 valence electrons. The van der Waals surface area contributed by atoms with Crippen LogP contribution in [0.4, 0.5) is 13.2 Å². The summed E-state index contributed by atoms with van der Waals surface area (Å²) < 4.78 is 41.6. The number of amides is 1. The Morgan fingerprint density at radius 2 is 1.78 bits per heavy atom. The highest BCUT2D eigenvalue weighted by molar-refractivity contribution is 5.94. The fourth-order valence-corrected chi connectivity index (χ4v) is 3.77. The SMILES string of the molecule is O=C(O)CCNC(=O)c1ccc(CN2NC(c3ccccn3)C=C2c2ccc(OC(F)(F)F)cc2)cc1. The monoisotopic (exact) mass is 512 g/mol. The van der Waals surface area contributed by atoms with Crippen LogP contribution in [0.1, 0.15) is 39.6 Å². The van der Waals surface area contributed by atoms with Gasteiger partial charge >= 0.3 is 12.3 Å². The first-order chi connectivity index (χ1) is 17.7. The van der Waals surface area contributed by atoms with Crippen molar-refractivity contribution in [3.63, 3.8) is 0 Å². The molecular formula is C26H23F3N4O4. The number of carboxylic acid groups (broad SMARTS) is 1. The number of carbonyl (C=O) groups excluding carboxylic acids is 1. The molecule has 0 saturated carbocycles. The van der Waals surface area contributed by atoms with E-state index in [1.54, 1.807) is 48.7 Å². The van der Waals surface area contributed by atoms with Gasteiger partial charge in [0.15, 0.2) is 0 Å². The van der Waals surface area contributed by atoms with Crippen LogP contribution in [0.5, 0.6) is 5.75 Å². The first kappa shape index (κ1) is 25.7. The highest BCUT2D eigenvalue weighted by Crippen LogP contribution is 2.32. The summed E-state index contributed by atoms with van der Waals surface area (Å²) in [7, 11) is 0. The van der Waals surface area contributed by atoms with E-state index in [4.69, 9.17) is 5.11 Å². The Balaban J connectivity index is 1.51. The van der Waals surface area contributed by atoms with Crippen LogP contribution >= 0.6 is 0 Å². The molecule has 1 aromatic heterocycles. The number of alkyl halides is 3. The molecular weight excluding hydrogens is 489 g/mol. The molecule has 0 aliphatic carbocycles. The lowest BCUT2D eigenvalue weighted by atomic mass is 10.1. The Hall–Kier alpha value is -4.38. The van der Waals surface area contributed by atoms with Gasteiger partial charge in [-0.1, -0.05) is 18.2 Å². The van der Waals surface area contributed by atoms with Gasteiger partial charge in [0.1, 0.15) is 5.75 Å². The molecule has 1 amide bonds. The fourth-order valence-electron chi connectivity index (χ4n) is 3.77. The molecule has 2 aromatic carbocycles. The van der Waals surface area contributed by atoms with Gasteiger partial charge < -0.3 is 20.2 Å². The van der Waals surface area contributed by atoms with E-state index in [2.05, 4.69) is 20.5 Å². The molecule has 3 aromatic rings. The van der Waals surface area contributed by atoms with E-state index in [-0.39, 0.29) is 30.7 Å². The maximum Gasteiger partial charge on any atom is 0.573 e. The number of pyridine rings is 1. The van der Waals surface area contributed by atoms with Gasteiger partial charge in [0.2, 0.25) is 0 Å². The Bertz CT molecular complexity index is 1260. The van der Waals surface area contributed by atoms with E-state index in [1.165, 1.54) is 12.1 Å². The van der Waals surface area contributed by atoms with Gasteiger partial charge in [-0.3, -0.25) is 14.6 Å². The normalized spacial score (nSPS) is 15.3. The van der Waals surface area contributed by atoms with E-state index >= 15 is 0 Å². The third-order valence-electron chi connectivity index (χ3n) is 5.48. The van der Waals surface area contributed by atoms with E-state index in [0.717, 1.165) is 17.0 Å². The topological polar surface area (TPSA) is 104 Å². The molecule has 1 unspecified atom stereocenters. The van der Waals surface area contributed by atoms with Crippen LogP contribution in [0.25, 0.3) is 5.70 Å². The van der Waals surface area contributed by atoms with E-state index in [1.807, 2.05) is 23.2 Å². The average Bonchev–Trinajstić information content (AvgIpc) is 3.28. The first-order valence-electron chi connectivity index (χ1n) is 11.3. The number of hydrazine groups is 1. The van der Waals surface area contributed by atoms with Gasteiger partial charge in [0.05, 0.1) is 30.4 Å². The molecule has 1 aliphatic heterocycles. The second kappa shape index (κ2) is 11.1. The predicted molar refractivity (Wildman–Crippen MR) is 128 cm³/mol. The number of carbonyl (C=O) groups is 2. The average molecular weight is 512 g/mol. The lowest BCUT2D eigenvalue weighted by molar-refractivity contribution is -0.274. The standard InChI is InChI=1S/C26H23F3N4O4/c27-26(28,29)37-20-10-8-18(9-11-20)23-15-22(21-3-1-2-13-30-21)32-33(23)16-17-4-6-19(7-5-17)25(36)31-14-12-24(34)35/h1-11,13,15,22,32H,12,14,16H2,(H,31,36)(H,34,35). The highest BCUT2D eigenvalue weighted by atomic mass is 19.4. The van der Waals surface area contributed by atoms with Gasteiger partial charge in [0.25, 0.3) is 5.91 Å². The summed E-state index contributed by atoms with van der Waals surface area (Å²) in [6, 6.07) is 17.7. The number of halogens is 3. The lowest BCUT2D eigenvalue weighted by Crippen LogP contribution is -2.33. The van der Waals surface area contributed by atoms with E-state index in [9.17, 15) is 22.8 Å². The molecule has 0 saturated heterocycles. The number of carboxylic acids is 1. The molecule has 2 heterocycles. The number of aliphatic carboxylic acids is 1. The number of ether oxygens (including phenoxy) is 1. The zero-order chi connectivity index (χ0) is 26.4. The van der Waals surface area contributed by atoms with Gasteiger partial charge in [-0.05, 0) is 65.7 Å². The summed E-state index contributed by atoms with van der Waals surface area (Å²) in [5.41, 5.74) is 6.81. The number of aromatic nitrogens is 1. The number of rotatable bonds is 9. The Labute approximate surface area is 210 Å². The fraction of sp³-hybridized carbons (Fsp3) is 0.192. The Kier molecular flexibility index (Phi) is 7.73. The minimum Gasteiger partial charge on any atom is -0.481 e. The van der Waals surface area contributed by atoms with Crippen molar-refractivity contribution in [3.05, 3.63) is 101 Å². The third kappa shape index (κ3) is 7.07. The molecule has 4 rings (SSSR count). The summed E-state index contributed by atoms with van der Waals surface area (Å²) in [5, 5.41) is 13.1. The molecule has 0 spiro atoms.